The fraction of sp³-hybridized carbons (Fsp3) is 0.194. The smallest absolute Gasteiger partial charge is 0.229 e. The number of carbonyl (C=O) groups is 1. The number of hydrogen-bond donors (Lipinski definition) is 1. The SMILES string of the molecule is O=C(C1CC1)N1CCc2c(nc3ccc(-c4cccc(Nc5ncc(F)c(-n6cnc7ccccc76)n5)c4)cn23)C1. The minimum absolute atomic E-state index is 0.125. The average molecular weight is 545 g/mol. The number of halogens is 1. The van der Waals surface area contributed by atoms with Crippen molar-refractivity contribution in [2.75, 3.05) is 11.9 Å². The summed E-state index contributed by atoms with van der Waals surface area (Å²) in [6.45, 7) is 1.31. The van der Waals surface area contributed by atoms with E-state index < -0.39 is 5.82 Å². The summed E-state index contributed by atoms with van der Waals surface area (Å²) in [5.74, 6) is 0.359. The number of aromatic nitrogens is 6. The first-order valence-corrected chi connectivity index (χ1v) is 13.7. The summed E-state index contributed by atoms with van der Waals surface area (Å²) in [5, 5.41) is 3.22. The molecule has 4 aromatic heterocycles. The van der Waals surface area contributed by atoms with E-state index in [1.165, 1.54) is 6.20 Å². The number of fused-ring (bicyclic) bond motifs is 4. The molecule has 10 heteroatoms. The molecule has 0 spiro atoms. The van der Waals surface area contributed by atoms with Crippen molar-refractivity contribution in [2.45, 2.75) is 25.8 Å². The van der Waals surface area contributed by atoms with Crippen molar-refractivity contribution in [2.24, 2.45) is 5.92 Å². The Kier molecular flexibility index (Phi) is 5.34. The molecule has 0 atom stereocenters. The molecule has 2 aromatic carbocycles. The second-order valence-corrected chi connectivity index (χ2v) is 10.6. The van der Waals surface area contributed by atoms with E-state index in [1.54, 1.807) is 10.9 Å². The molecule has 41 heavy (non-hydrogen) atoms. The van der Waals surface area contributed by atoms with Gasteiger partial charge in [-0.05, 0) is 60.4 Å². The largest absolute Gasteiger partial charge is 0.336 e. The number of pyridine rings is 1. The lowest BCUT2D eigenvalue weighted by Crippen LogP contribution is -2.37. The van der Waals surface area contributed by atoms with Gasteiger partial charge in [0.2, 0.25) is 11.9 Å². The third-order valence-electron chi connectivity index (χ3n) is 7.86. The maximum absolute atomic E-state index is 14.8. The summed E-state index contributed by atoms with van der Waals surface area (Å²) in [7, 11) is 0. The van der Waals surface area contributed by atoms with E-state index in [2.05, 4.69) is 36.9 Å². The van der Waals surface area contributed by atoms with Gasteiger partial charge >= 0.3 is 0 Å². The molecule has 0 bridgehead atoms. The molecule has 9 nitrogen and oxygen atoms in total. The summed E-state index contributed by atoms with van der Waals surface area (Å²) < 4.78 is 18.5. The van der Waals surface area contributed by atoms with Crippen LogP contribution >= 0.6 is 0 Å². The van der Waals surface area contributed by atoms with Gasteiger partial charge in [-0.25, -0.2) is 19.3 Å². The van der Waals surface area contributed by atoms with Crippen LogP contribution in [0.4, 0.5) is 16.0 Å². The van der Waals surface area contributed by atoms with Crippen LogP contribution in [0, 0.1) is 11.7 Å². The van der Waals surface area contributed by atoms with Crippen LogP contribution in [-0.4, -0.2) is 46.3 Å². The van der Waals surface area contributed by atoms with Gasteiger partial charge in [0.05, 0.1) is 29.5 Å². The van der Waals surface area contributed by atoms with Gasteiger partial charge in [-0.1, -0.05) is 24.3 Å². The highest BCUT2D eigenvalue weighted by Gasteiger charge is 2.35. The van der Waals surface area contributed by atoms with Gasteiger partial charge in [0.15, 0.2) is 11.6 Å². The van der Waals surface area contributed by atoms with E-state index in [-0.39, 0.29) is 23.6 Å². The van der Waals surface area contributed by atoms with Gasteiger partial charge in [-0.15, -0.1) is 0 Å². The van der Waals surface area contributed by atoms with Crippen LogP contribution in [0.3, 0.4) is 0 Å². The van der Waals surface area contributed by atoms with Crippen LogP contribution < -0.4 is 5.32 Å². The molecule has 1 amide bonds. The topological polar surface area (TPSA) is 93.2 Å². The van der Waals surface area contributed by atoms with Crippen LogP contribution in [0.25, 0.3) is 33.6 Å². The summed E-state index contributed by atoms with van der Waals surface area (Å²) in [6.07, 6.45) is 7.65. The number of carbonyl (C=O) groups excluding carboxylic acids is 1. The molecule has 0 unspecified atom stereocenters. The molecule has 0 radical (unpaired) electrons. The number of amides is 1. The molecule has 1 saturated carbocycles. The first kappa shape index (κ1) is 23.7. The number of hydrogen-bond acceptors (Lipinski definition) is 6. The third kappa shape index (κ3) is 4.19. The van der Waals surface area contributed by atoms with Gasteiger partial charge in [0, 0.05) is 36.5 Å². The predicted octanol–water partition coefficient (Wildman–Crippen LogP) is 5.31. The molecule has 5 heterocycles. The minimum atomic E-state index is -0.538. The van der Waals surface area contributed by atoms with Gasteiger partial charge in [-0.3, -0.25) is 9.36 Å². The lowest BCUT2D eigenvalue weighted by Gasteiger charge is -2.26. The summed E-state index contributed by atoms with van der Waals surface area (Å²) in [4.78, 5) is 32.4. The molecule has 1 aliphatic carbocycles. The number of anilines is 2. The van der Waals surface area contributed by atoms with Crippen molar-refractivity contribution >= 4 is 34.2 Å². The Labute approximate surface area is 234 Å². The van der Waals surface area contributed by atoms with Gasteiger partial charge in [0.25, 0.3) is 0 Å². The Hall–Kier alpha value is -5.12. The van der Waals surface area contributed by atoms with Crippen LogP contribution in [-0.2, 0) is 17.8 Å². The molecule has 0 saturated heterocycles. The number of benzene rings is 2. The fourth-order valence-corrected chi connectivity index (χ4v) is 5.60. The van der Waals surface area contributed by atoms with Gasteiger partial charge in [-0.2, -0.15) is 4.98 Å². The molecule has 8 rings (SSSR count). The highest BCUT2D eigenvalue weighted by atomic mass is 19.1. The maximum atomic E-state index is 14.8. The van der Waals surface area contributed by atoms with E-state index in [0.717, 1.165) is 70.7 Å². The van der Waals surface area contributed by atoms with Crippen LogP contribution in [0.1, 0.15) is 24.2 Å². The molecule has 1 fully saturated rings. The Morgan fingerprint density at radius 1 is 0.976 bits per heavy atom. The predicted molar refractivity (Wildman–Crippen MR) is 152 cm³/mol. The molecule has 2 aliphatic rings. The van der Waals surface area contributed by atoms with E-state index in [9.17, 15) is 9.18 Å². The lowest BCUT2D eigenvalue weighted by molar-refractivity contribution is -0.133. The normalized spacial score (nSPS) is 14.9. The fourth-order valence-electron chi connectivity index (χ4n) is 5.60. The maximum Gasteiger partial charge on any atom is 0.229 e. The molecular formula is C31H25FN8O. The lowest BCUT2D eigenvalue weighted by atomic mass is 10.1. The molecule has 1 aliphatic heterocycles. The standard InChI is InChI=1S/C31H25FN8O/c32-23-15-33-31(37-29(23)40-18-34-24-6-1-2-7-26(24)40)35-22-5-3-4-20(14-22)21-10-11-28-36-25-17-38(30(41)19-8-9-19)13-12-27(25)39(28)16-21/h1-7,10-11,14-16,18-19H,8-9,12-13,17H2,(H,33,35,37). The van der Waals surface area contributed by atoms with Crippen molar-refractivity contribution < 1.29 is 9.18 Å². The zero-order valence-corrected chi connectivity index (χ0v) is 22.0. The number of para-hydroxylation sites is 2. The Bertz CT molecular complexity index is 1970. The molecule has 202 valence electrons. The van der Waals surface area contributed by atoms with Crippen molar-refractivity contribution in [3.05, 3.63) is 96.6 Å². The summed E-state index contributed by atoms with van der Waals surface area (Å²) in [6, 6.07) is 19.5. The summed E-state index contributed by atoms with van der Waals surface area (Å²) >= 11 is 0. The molecule has 6 aromatic rings. The van der Waals surface area contributed by atoms with E-state index >= 15 is 0 Å². The number of nitrogens with one attached hydrogen (secondary N) is 1. The zero-order valence-electron chi connectivity index (χ0n) is 22.0. The van der Waals surface area contributed by atoms with Gasteiger partial charge in [0.1, 0.15) is 12.0 Å². The number of imidazole rings is 2. The van der Waals surface area contributed by atoms with E-state index in [1.807, 2.05) is 59.5 Å². The zero-order chi connectivity index (χ0) is 27.5. The average Bonchev–Trinajstić information content (AvgIpc) is 3.67. The first-order valence-electron chi connectivity index (χ1n) is 13.7. The van der Waals surface area contributed by atoms with Crippen molar-refractivity contribution in [3.63, 3.8) is 0 Å². The highest BCUT2D eigenvalue weighted by molar-refractivity contribution is 5.81. The Morgan fingerprint density at radius 2 is 1.88 bits per heavy atom. The second kappa shape index (κ2) is 9.22. The highest BCUT2D eigenvalue weighted by Crippen LogP contribution is 2.33. The van der Waals surface area contributed by atoms with Crippen LogP contribution in [0.5, 0.6) is 0 Å². The molecule has 1 N–H and O–H groups in total. The quantitative estimate of drug-likeness (QED) is 0.316. The summed E-state index contributed by atoms with van der Waals surface area (Å²) in [5.41, 5.74) is 7.35. The number of rotatable bonds is 5. The second-order valence-electron chi connectivity index (χ2n) is 10.6. The minimum Gasteiger partial charge on any atom is -0.336 e. The van der Waals surface area contributed by atoms with Crippen LogP contribution in [0.15, 0.2) is 79.4 Å². The monoisotopic (exact) mass is 544 g/mol. The third-order valence-corrected chi connectivity index (χ3v) is 7.86. The van der Waals surface area contributed by atoms with Crippen LogP contribution in [0.2, 0.25) is 0 Å². The van der Waals surface area contributed by atoms with Crippen molar-refractivity contribution in [3.8, 4) is 16.9 Å². The Balaban J connectivity index is 1.08. The Morgan fingerprint density at radius 3 is 2.78 bits per heavy atom. The van der Waals surface area contributed by atoms with Crippen molar-refractivity contribution in [1.82, 2.24) is 33.8 Å². The molecular weight excluding hydrogens is 519 g/mol. The van der Waals surface area contributed by atoms with Crippen molar-refractivity contribution in [1.29, 1.82) is 0 Å². The van der Waals surface area contributed by atoms with E-state index in [4.69, 9.17) is 4.98 Å². The first-order chi connectivity index (χ1) is 20.1. The van der Waals surface area contributed by atoms with Gasteiger partial charge < -0.3 is 14.6 Å². The number of nitrogens with zero attached hydrogens (tertiary/aromatic N) is 7. The van der Waals surface area contributed by atoms with E-state index in [0.29, 0.717) is 6.54 Å².